The van der Waals surface area contributed by atoms with Crippen molar-refractivity contribution >= 4 is 17.5 Å². The zero-order valence-corrected chi connectivity index (χ0v) is 16.7. The second-order valence-electron chi connectivity index (χ2n) is 7.21. The van der Waals surface area contributed by atoms with Crippen LogP contribution in [0.2, 0.25) is 5.02 Å². The lowest BCUT2D eigenvalue weighted by molar-refractivity contribution is 0.0749. The van der Waals surface area contributed by atoms with E-state index in [4.69, 9.17) is 16.7 Å². The monoisotopic (exact) mass is 402 g/mol. The Morgan fingerprint density at radius 2 is 1.69 bits per heavy atom. The first-order chi connectivity index (χ1) is 14.1. The van der Waals surface area contributed by atoms with E-state index in [1.807, 2.05) is 46.2 Å². The Morgan fingerprint density at radius 1 is 0.966 bits per heavy atom. The normalized spacial score (nSPS) is 13.0. The SMILES string of the molecule is Cc1ccccc1-n1nc2c(c1-n1cccc1)CN(C(=O)c1ccc(Cl)cc1)C2. The molecule has 0 radical (unpaired) electrons. The predicted molar refractivity (Wildman–Crippen MR) is 113 cm³/mol. The Balaban J connectivity index is 1.55. The summed E-state index contributed by atoms with van der Waals surface area (Å²) in [4.78, 5) is 14.8. The predicted octanol–water partition coefficient (Wildman–Crippen LogP) is 4.78. The van der Waals surface area contributed by atoms with Gasteiger partial charge < -0.3 is 9.47 Å². The van der Waals surface area contributed by atoms with E-state index in [0.717, 1.165) is 28.3 Å². The lowest BCUT2D eigenvalue weighted by Gasteiger charge is -2.18. The quantitative estimate of drug-likeness (QED) is 0.495. The van der Waals surface area contributed by atoms with Gasteiger partial charge in [-0.3, -0.25) is 4.79 Å². The van der Waals surface area contributed by atoms with Crippen LogP contribution in [0.4, 0.5) is 0 Å². The number of benzene rings is 2. The van der Waals surface area contributed by atoms with Gasteiger partial charge in [-0.2, -0.15) is 5.10 Å². The van der Waals surface area contributed by atoms with Crippen molar-refractivity contribution < 1.29 is 4.79 Å². The summed E-state index contributed by atoms with van der Waals surface area (Å²) in [6.45, 7) is 3.10. The number of fused-ring (bicyclic) bond motifs is 1. The number of hydrogen-bond acceptors (Lipinski definition) is 2. The molecule has 0 fully saturated rings. The maximum Gasteiger partial charge on any atom is 0.254 e. The van der Waals surface area contributed by atoms with Crippen LogP contribution >= 0.6 is 11.6 Å². The van der Waals surface area contributed by atoms with Gasteiger partial charge in [0.25, 0.3) is 5.91 Å². The van der Waals surface area contributed by atoms with Crippen LogP contribution in [-0.2, 0) is 13.1 Å². The van der Waals surface area contributed by atoms with Crippen molar-refractivity contribution in [3.63, 3.8) is 0 Å². The molecule has 144 valence electrons. The van der Waals surface area contributed by atoms with Crippen molar-refractivity contribution in [2.45, 2.75) is 20.0 Å². The summed E-state index contributed by atoms with van der Waals surface area (Å²) in [5.41, 5.74) is 4.83. The summed E-state index contributed by atoms with van der Waals surface area (Å²) in [5, 5.41) is 5.52. The smallest absolute Gasteiger partial charge is 0.254 e. The molecule has 2 aromatic carbocycles. The zero-order valence-electron chi connectivity index (χ0n) is 15.9. The molecule has 1 aliphatic rings. The largest absolute Gasteiger partial charge is 0.328 e. The van der Waals surface area contributed by atoms with E-state index >= 15 is 0 Å². The van der Waals surface area contributed by atoms with E-state index in [1.54, 1.807) is 24.3 Å². The highest BCUT2D eigenvalue weighted by Crippen LogP contribution is 2.32. The summed E-state index contributed by atoms with van der Waals surface area (Å²) < 4.78 is 4.05. The molecule has 0 N–H and O–H groups in total. The lowest BCUT2D eigenvalue weighted by atomic mass is 10.2. The number of carbonyl (C=O) groups is 1. The molecule has 1 amide bonds. The van der Waals surface area contributed by atoms with E-state index < -0.39 is 0 Å². The van der Waals surface area contributed by atoms with Crippen molar-refractivity contribution in [3.8, 4) is 11.5 Å². The molecule has 29 heavy (non-hydrogen) atoms. The third-order valence-electron chi connectivity index (χ3n) is 5.30. The number of aromatic nitrogens is 3. The fourth-order valence-corrected chi connectivity index (χ4v) is 3.96. The van der Waals surface area contributed by atoms with Crippen LogP contribution in [0.15, 0.2) is 73.1 Å². The van der Waals surface area contributed by atoms with Crippen LogP contribution in [-0.4, -0.2) is 25.2 Å². The van der Waals surface area contributed by atoms with Crippen LogP contribution in [0.25, 0.3) is 11.5 Å². The highest BCUT2D eigenvalue weighted by molar-refractivity contribution is 6.30. The van der Waals surface area contributed by atoms with E-state index in [9.17, 15) is 4.79 Å². The Kier molecular flexibility index (Phi) is 4.25. The Labute approximate surface area is 173 Å². The summed E-state index contributed by atoms with van der Waals surface area (Å²) in [6.07, 6.45) is 4.02. The molecule has 0 saturated heterocycles. The third kappa shape index (κ3) is 3.04. The number of amides is 1. The molecule has 6 heteroatoms. The standard InChI is InChI=1S/C23H19ClN4O/c1-16-6-2-3-7-21(16)28-22(26-12-4-5-13-26)19-14-27(15-20(19)25-28)23(29)17-8-10-18(24)11-9-17/h2-13H,14-15H2,1H3. The topological polar surface area (TPSA) is 43.1 Å². The van der Waals surface area contributed by atoms with Gasteiger partial charge in [0.15, 0.2) is 0 Å². The fraction of sp³-hybridized carbons (Fsp3) is 0.130. The average Bonchev–Trinajstić information content (AvgIpc) is 3.44. The molecular formula is C23H19ClN4O. The second-order valence-corrected chi connectivity index (χ2v) is 7.64. The Morgan fingerprint density at radius 3 is 2.41 bits per heavy atom. The van der Waals surface area contributed by atoms with E-state index in [-0.39, 0.29) is 5.91 Å². The second kappa shape index (κ2) is 6.94. The van der Waals surface area contributed by atoms with Gasteiger partial charge >= 0.3 is 0 Å². The summed E-state index contributed by atoms with van der Waals surface area (Å²) in [7, 11) is 0. The van der Waals surface area contributed by atoms with Crippen LogP contribution in [0.3, 0.4) is 0 Å². The molecule has 4 aromatic rings. The Hall–Kier alpha value is -3.31. The van der Waals surface area contributed by atoms with Gasteiger partial charge in [0.2, 0.25) is 0 Å². The highest BCUT2D eigenvalue weighted by atomic mass is 35.5. The van der Waals surface area contributed by atoms with Crippen molar-refractivity contribution in [2.75, 3.05) is 0 Å². The maximum absolute atomic E-state index is 13.0. The molecule has 2 aromatic heterocycles. The van der Waals surface area contributed by atoms with E-state index in [1.165, 1.54) is 0 Å². The molecule has 0 spiro atoms. The first kappa shape index (κ1) is 17.8. The number of nitrogens with zero attached hydrogens (tertiary/aromatic N) is 4. The third-order valence-corrected chi connectivity index (χ3v) is 5.55. The lowest BCUT2D eigenvalue weighted by Crippen LogP contribution is -2.26. The summed E-state index contributed by atoms with van der Waals surface area (Å²) >= 11 is 5.96. The van der Waals surface area contributed by atoms with Crippen LogP contribution in [0, 0.1) is 6.92 Å². The minimum Gasteiger partial charge on any atom is -0.328 e. The number of carbonyl (C=O) groups excluding carboxylic acids is 1. The summed E-state index contributed by atoms with van der Waals surface area (Å²) in [6, 6.07) is 19.2. The number of hydrogen-bond donors (Lipinski definition) is 0. The fourth-order valence-electron chi connectivity index (χ4n) is 3.83. The van der Waals surface area contributed by atoms with Crippen LogP contribution in [0.5, 0.6) is 0 Å². The van der Waals surface area contributed by atoms with Gasteiger partial charge in [-0.1, -0.05) is 29.8 Å². The molecule has 5 rings (SSSR count). The average molecular weight is 403 g/mol. The molecule has 0 saturated carbocycles. The minimum absolute atomic E-state index is 0.0134. The minimum atomic E-state index is -0.0134. The van der Waals surface area contributed by atoms with Gasteiger partial charge in [-0.05, 0) is 55.0 Å². The molecule has 0 bridgehead atoms. The van der Waals surface area contributed by atoms with Crippen molar-refractivity contribution in [2.24, 2.45) is 0 Å². The zero-order chi connectivity index (χ0) is 20.0. The first-order valence-electron chi connectivity index (χ1n) is 9.47. The molecule has 0 aliphatic carbocycles. The van der Waals surface area contributed by atoms with Crippen molar-refractivity contribution in [1.82, 2.24) is 19.2 Å². The molecule has 0 atom stereocenters. The number of rotatable bonds is 3. The number of para-hydroxylation sites is 1. The van der Waals surface area contributed by atoms with Crippen molar-refractivity contribution in [3.05, 3.63) is 100 Å². The van der Waals surface area contributed by atoms with Crippen LogP contribution < -0.4 is 0 Å². The molecule has 1 aliphatic heterocycles. The van der Waals surface area contributed by atoms with Gasteiger partial charge in [0, 0.05) is 28.5 Å². The van der Waals surface area contributed by atoms with Crippen LogP contribution in [0.1, 0.15) is 27.2 Å². The summed E-state index contributed by atoms with van der Waals surface area (Å²) in [5.74, 6) is 0.964. The Bertz CT molecular complexity index is 1190. The molecule has 3 heterocycles. The van der Waals surface area contributed by atoms with Gasteiger partial charge in [-0.15, -0.1) is 0 Å². The van der Waals surface area contributed by atoms with Gasteiger partial charge in [-0.25, -0.2) is 4.68 Å². The van der Waals surface area contributed by atoms with Gasteiger partial charge in [0.1, 0.15) is 5.82 Å². The number of aryl methyl sites for hydroxylation is 1. The van der Waals surface area contributed by atoms with Crippen molar-refractivity contribution in [1.29, 1.82) is 0 Å². The number of halogens is 1. The van der Waals surface area contributed by atoms with Gasteiger partial charge in [0.05, 0.1) is 24.5 Å². The molecular weight excluding hydrogens is 384 g/mol. The molecule has 0 unspecified atom stereocenters. The molecule has 5 nitrogen and oxygen atoms in total. The first-order valence-corrected chi connectivity index (χ1v) is 9.84. The van der Waals surface area contributed by atoms with E-state index in [2.05, 4.69) is 23.6 Å². The maximum atomic E-state index is 13.0. The highest BCUT2D eigenvalue weighted by Gasteiger charge is 2.32. The van der Waals surface area contributed by atoms with E-state index in [0.29, 0.717) is 23.7 Å².